The number of halogens is 2. The van der Waals surface area contributed by atoms with Crippen LogP contribution in [0.4, 0.5) is 13.6 Å². The molecule has 0 radical (unpaired) electrons. The zero-order valence-corrected chi connectivity index (χ0v) is 13.8. The lowest BCUT2D eigenvalue weighted by molar-refractivity contribution is 0.0949. The molecular weight excluding hydrogens is 324 g/mol. The average molecular weight is 343 g/mol. The highest BCUT2D eigenvalue weighted by molar-refractivity contribution is 5.74. The van der Waals surface area contributed by atoms with Gasteiger partial charge in [-0.25, -0.2) is 13.6 Å². The van der Waals surface area contributed by atoms with Gasteiger partial charge in [0.25, 0.3) is 6.43 Å². The average Bonchev–Trinajstić information content (AvgIpc) is 2.61. The Kier molecular flexibility index (Phi) is 6.47. The fourth-order valence-electron chi connectivity index (χ4n) is 2.43. The van der Waals surface area contributed by atoms with Crippen LogP contribution in [0.5, 0.6) is 0 Å². The van der Waals surface area contributed by atoms with Gasteiger partial charge in [-0.2, -0.15) is 5.26 Å². The van der Waals surface area contributed by atoms with E-state index in [9.17, 15) is 13.6 Å². The lowest BCUT2D eigenvalue weighted by atomic mass is 10.1. The molecule has 0 unspecified atom stereocenters. The van der Waals surface area contributed by atoms with Crippen LogP contribution in [0.25, 0.3) is 0 Å². The molecule has 0 aromatic heterocycles. The first-order chi connectivity index (χ1) is 12.0. The van der Waals surface area contributed by atoms with Gasteiger partial charge in [0.05, 0.1) is 24.2 Å². The van der Waals surface area contributed by atoms with Gasteiger partial charge in [-0.15, -0.1) is 0 Å². The molecule has 0 saturated heterocycles. The van der Waals surface area contributed by atoms with Crippen LogP contribution in [0.15, 0.2) is 54.6 Å². The maximum Gasteiger partial charge on any atom is 0.318 e. The first-order valence-corrected chi connectivity index (χ1v) is 7.87. The molecule has 2 rings (SSSR count). The van der Waals surface area contributed by atoms with Gasteiger partial charge in [-0.3, -0.25) is 0 Å². The predicted molar refractivity (Wildman–Crippen MR) is 91.0 cm³/mol. The summed E-state index contributed by atoms with van der Waals surface area (Å²) in [6.45, 7) is 1.20. The van der Waals surface area contributed by atoms with E-state index in [2.05, 4.69) is 5.32 Å². The van der Waals surface area contributed by atoms with Gasteiger partial charge in [-0.05, 0) is 30.2 Å². The summed E-state index contributed by atoms with van der Waals surface area (Å²) in [6, 6.07) is 16.9. The van der Waals surface area contributed by atoms with Crippen molar-refractivity contribution in [1.29, 1.82) is 5.26 Å². The molecule has 0 aliphatic carbocycles. The standard InChI is InChI=1S/C19H19F2N3O/c1-14(17-9-5-8-16(10-17)11-22)23-19(25)24(13-18(20)21)12-15-6-3-2-4-7-15/h2-10,14,18H,12-13H2,1H3,(H,23,25)/t14-/m1/s1. The van der Waals surface area contributed by atoms with E-state index in [4.69, 9.17) is 5.26 Å². The monoisotopic (exact) mass is 343 g/mol. The number of nitrogens with zero attached hydrogens (tertiary/aromatic N) is 2. The Morgan fingerprint density at radius 3 is 2.56 bits per heavy atom. The number of nitriles is 1. The molecule has 4 nitrogen and oxygen atoms in total. The summed E-state index contributed by atoms with van der Waals surface area (Å²) in [4.78, 5) is 13.5. The quantitative estimate of drug-likeness (QED) is 0.859. The van der Waals surface area contributed by atoms with E-state index in [1.807, 2.05) is 12.1 Å². The van der Waals surface area contributed by atoms with Crippen LogP contribution in [0.1, 0.15) is 29.7 Å². The Hall–Kier alpha value is -2.94. The minimum atomic E-state index is -2.62. The summed E-state index contributed by atoms with van der Waals surface area (Å²) in [5.41, 5.74) is 1.99. The maximum absolute atomic E-state index is 12.8. The molecule has 0 aliphatic heterocycles. The van der Waals surface area contributed by atoms with E-state index in [-0.39, 0.29) is 6.54 Å². The van der Waals surface area contributed by atoms with Crippen LogP contribution in [0, 0.1) is 11.3 Å². The van der Waals surface area contributed by atoms with Crippen molar-refractivity contribution in [3.05, 3.63) is 71.3 Å². The number of amides is 2. The van der Waals surface area contributed by atoms with Crippen molar-refractivity contribution in [2.45, 2.75) is 25.9 Å². The van der Waals surface area contributed by atoms with E-state index in [0.29, 0.717) is 5.56 Å². The third-order valence-corrected chi connectivity index (χ3v) is 3.72. The third kappa shape index (κ3) is 5.57. The Morgan fingerprint density at radius 2 is 1.92 bits per heavy atom. The molecule has 25 heavy (non-hydrogen) atoms. The molecule has 1 N–H and O–H groups in total. The van der Waals surface area contributed by atoms with E-state index in [1.165, 1.54) is 0 Å². The summed E-state index contributed by atoms with van der Waals surface area (Å²) >= 11 is 0. The Balaban J connectivity index is 2.08. The topological polar surface area (TPSA) is 56.1 Å². The van der Waals surface area contributed by atoms with Gasteiger partial charge < -0.3 is 10.2 Å². The van der Waals surface area contributed by atoms with E-state index in [0.717, 1.165) is 16.0 Å². The van der Waals surface area contributed by atoms with Crippen LogP contribution >= 0.6 is 0 Å². The highest BCUT2D eigenvalue weighted by Gasteiger charge is 2.20. The van der Waals surface area contributed by atoms with Crippen LogP contribution in [0.3, 0.4) is 0 Å². The highest BCUT2D eigenvalue weighted by Crippen LogP contribution is 2.15. The number of rotatable bonds is 6. The molecule has 2 aromatic rings. The number of nitrogens with one attached hydrogen (secondary N) is 1. The normalized spacial score (nSPS) is 11.6. The largest absolute Gasteiger partial charge is 0.331 e. The molecule has 2 aromatic carbocycles. The van der Waals surface area contributed by atoms with Crippen molar-refractivity contribution in [2.24, 2.45) is 0 Å². The number of hydrogen-bond acceptors (Lipinski definition) is 2. The van der Waals surface area contributed by atoms with Crippen molar-refractivity contribution in [1.82, 2.24) is 10.2 Å². The minimum absolute atomic E-state index is 0.0992. The number of carbonyl (C=O) groups is 1. The van der Waals surface area contributed by atoms with Gasteiger partial charge in [0.1, 0.15) is 0 Å². The van der Waals surface area contributed by atoms with E-state index >= 15 is 0 Å². The molecule has 1 atom stereocenters. The van der Waals surface area contributed by atoms with Gasteiger partial charge in [-0.1, -0.05) is 42.5 Å². The lowest BCUT2D eigenvalue weighted by Gasteiger charge is -2.25. The maximum atomic E-state index is 12.8. The molecule has 2 amide bonds. The van der Waals surface area contributed by atoms with Gasteiger partial charge in [0.15, 0.2) is 0 Å². The number of hydrogen-bond donors (Lipinski definition) is 1. The summed E-state index contributed by atoms with van der Waals surface area (Å²) in [7, 11) is 0. The second kappa shape index (κ2) is 8.78. The van der Waals surface area contributed by atoms with Crippen LogP contribution < -0.4 is 5.32 Å². The molecule has 0 fully saturated rings. The second-order valence-electron chi connectivity index (χ2n) is 5.67. The predicted octanol–water partition coefficient (Wildman–Crippen LogP) is 4.10. The second-order valence-corrected chi connectivity index (χ2v) is 5.67. The number of carbonyl (C=O) groups excluding carboxylic acids is 1. The molecule has 0 spiro atoms. The minimum Gasteiger partial charge on any atom is -0.331 e. The van der Waals surface area contributed by atoms with Crippen molar-refractivity contribution >= 4 is 6.03 Å². The summed E-state index contributed by atoms with van der Waals surface area (Å²) in [5, 5.41) is 11.7. The SMILES string of the molecule is C[C@@H](NC(=O)N(Cc1ccccc1)CC(F)F)c1cccc(C#N)c1. The van der Waals surface area contributed by atoms with Gasteiger partial charge in [0.2, 0.25) is 0 Å². The van der Waals surface area contributed by atoms with Crippen LogP contribution in [-0.2, 0) is 6.54 Å². The number of alkyl halides is 2. The first kappa shape index (κ1) is 18.4. The van der Waals surface area contributed by atoms with Gasteiger partial charge >= 0.3 is 6.03 Å². The fourth-order valence-corrected chi connectivity index (χ4v) is 2.43. The molecule has 0 saturated carbocycles. The Labute approximate surface area is 145 Å². The zero-order chi connectivity index (χ0) is 18.2. The van der Waals surface area contributed by atoms with Gasteiger partial charge in [0, 0.05) is 6.54 Å². The molecule has 0 heterocycles. The third-order valence-electron chi connectivity index (χ3n) is 3.72. The number of urea groups is 1. The Morgan fingerprint density at radius 1 is 1.20 bits per heavy atom. The Bertz CT molecular complexity index is 744. The van der Waals surface area contributed by atoms with E-state index < -0.39 is 25.0 Å². The zero-order valence-electron chi connectivity index (χ0n) is 13.8. The van der Waals surface area contributed by atoms with Crippen molar-refractivity contribution < 1.29 is 13.6 Å². The summed E-state index contributed by atoms with van der Waals surface area (Å²) in [6.07, 6.45) is -2.62. The molecule has 0 aliphatic rings. The van der Waals surface area contributed by atoms with Crippen LogP contribution in [0.2, 0.25) is 0 Å². The smallest absolute Gasteiger partial charge is 0.318 e. The van der Waals surface area contributed by atoms with Crippen LogP contribution in [-0.4, -0.2) is 23.9 Å². The van der Waals surface area contributed by atoms with Crippen molar-refractivity contribution in [2.75, 3.05) is 6.54 Å². The molecule has 130 valence electrons. The summed E-state index contributed by atoms with van der Waals surface area (Å²) in [5.74, 6) is 0. The molecular formula is C19H19F2N3O. The molecule has 6 heteroatoms. The number of benzene rings is 2. The fraction of sp³-hybridized carbons (Fsp3) is 0.263. The van der Waals surface area contributed by atoms with Crippen molar-refractivity contribution in [3.8, 4) is 6.07 Å². The molecule has 0 bridgehead atoms. The lowest BCUT2D eigenvalue weighted by Crippen LogP contribution is -2.42. The highest BCUT2D eigenvalue weighted by atomic mass is 19.3. The summed E-state index contributed by atoms with van der Waals surface area (Å²) < 4.78 is 25.7. The first-order valence-electron chi connectivity index (χ1n) is 7.87. The van der Waals surface area contributed by atoms with Crippen molar-refractivity contribution in [3.63, 3.8) is 0 Å². The van der Waals surface area contributed by atoms with E-state index in [1.54, 1.807) is 55.5 Å².